The number of nitrogens with zero attached hydrogens (tertiary/aromatic N) is 3. The topological polar surface area (TPSA) is 29.0 Å². The first-order valence-electron chi connectivity index (χ1n) is 6.53. The van der Waals surface area contributed by atoms with E-state index in [2.05, 4.69) is 21.9 Å². The standard InChI is InChI=1S/C15H16ClN3/c1-19(10-11-7-8-11)14-9-13(16)17-15(18-14)12-5-3-2-4-6-12/h2-6,9,11H,7-8,10H2,1H3. The molecule has 1 aliphatic rings. The van der Waals surface area contributed by atoms with Gasteiger partial charge >= 0.3 is 0 Å². The molecule has 1 heterocycles. The molecule has 0 bridgehead atoms. The van der Waals surface area contributed by atoms with Gasteiger partial charge in [0, 0.05) is 25.2 Å². The van der Waals surface area contributed by atoms with Gasteiger partial charge in [-0.3, -0.25) is 0 Å². The lowest BCUT2D eigenvalue weighted by molar-refractivity contribution is 0.776. The van der Waals surface area contributed by atoms with Gasteiger partial charge in [0.2, 0.25) is 0 Å². The van der Waals surface area contributed by atoms with Crippen molar-refractivity contribution in [2.45, 2.75) is 12.8 Å². The van der Waals surface area contributed by atoms with Crippen molar-refractivity contribution in [1.82, 2.24) is 9.97 Å². The highest BCUT2D eigenvalue weighted by atomic mass is 35.5. The average molecular weight is 274 g/mol. The number of hydrogen-bond donors (Lipinski definition) is 0. The maximum absolute atomic E-state index is 6.12. The highest BCUT2D eigenvalue weighted by Gasteiger charge is 2.23. The molecule has 3 nitrogen and oxygen atoms in total. The van der Waals surface area contributed by atoms with Crippen LogP contribution in [0.5, 0.6) is 0 Å². The second kappa shape index (κ2) is 5.17. The first kappa shape index (κ1) is 12.4. The summed E-state index contributed by atoms with van der Waals surface area (Å²) >= 11 is 6.12. The Labute approximate surface area is 118 Å². The van der Waals surface area contributed by atoms with E-state index in [0.717, 1.165) is 23.8 Å². The van der Waals surface area contributed by atoms with Gasteiger partial charge in [0.1, 0.15) is 11.0 Å². The van der Waals surface area contributed by atoms with Crippen LogP contribution in [0.2, 0.25) is 5.15 Å². The Morgan fingerprint density at radius 2 is 1.95 bits per heavy atom. The summed E-state index contributed by atoms with van der Waals surface area (Å²) in [6, 6.07) is 11.8. The van der Waals surface area contributed by atoms with Crippen LogP contribution in [0.25, 0.3) is 11.4 Å². The number of anilines is 1. The van der Waals surface area contributed by atoms with E-state index in [9.17, 15) is 0 Å². The van der Waals surface area contributed by atoms with Gasteiger partial charge in [-0.25, -0.2) is 9.97 Å². The summed E-state index contributed by atoms with van der Waals surface area (Å²) in [5.74, 6) is 2.40. The van der Waals surface area contributed by atoms with Crippen LogP contribution in [0.3, 0.4) is 0 Å². The van der Waals surface area contributed by atoms with Crippen LogP contribution in [0, 0.1) is 5.92 Å². The molecule has 1 saturated carbocycles. The molecule has 4 heteroatoms. The first-order valence-corrected chi connectivity index (χ1v) is 6.91. The summed E-state index contributed by atoms with van der Waals surface area (Å²) < 4.78 is 0. The molecule has 98 valence electrons. The molecule has 1 aliphatic carbocycles. The van der Waals surface area contributed by atoms with E-state index in [1.54, 1.807) is 0 Å². The molecule has 0 radical (unpaired) electrons. The van der Waals surface area contributed by atoms with Gasteiger partial charge in [-0.15, -0.1) is 0 Å². The number of rotatable bonds is 4. The lowest BCUT2D eigenvalue weighted by Crippen LogP contribution is -2.21. The van der Waals surface area contributed by atoms with E-state index in [1.165, 1.54) is 12.8 Å². The van der Waals surface area contributed by atoms with E-state index in [-0.39, 0.29) is 0 Å². The summed E-state index contributed by atoms with van der Waals surface area (Å²) in [6.07, 6.45) is 2.66. The van der Waals surface area contributed by atoms with Crippen molar-refractivity contribution >= 4 is 17.4 Å². The molecule has 1 aromatic carbocycles. The SMILES string of the molecule is CN(CC1CC1)c1cc(Cl)nc(-c2ccccc2)n1. The predicted octanol–water partition coefficient (Wildman–Crippen LogP) is 3.64. The molecule has 0 aliphatic heterocycles. The molecule has 0 atom stereocenters. The summed E-state index contributed by atoms with van der Waals surface area (Å²) in [5, 5.41) is 0.492. The highest BCUT2D eigenvalue weighted by molar-refractivity contribution is 6.29. The van der Waals surface area contributed by atoms with E-state index >= 15 is 0 Å². The zero-order chi connectivity index (χ0) is 13.2. The predicted molar refractivity (Wildman–Crippen MR) is 78.5 cm³/mol. The molecule has 0 N–H and O–H groups in total. The Balaban J connectivity index is 1.91. The molecule has 0 unspecified atom stereocenters. The minimum atomic E-state index is 0.492. The van der Waals surface area contributed by atoms with Gasteiger partial charge in [-0.2, -0.15) is 0 Å². The van der Waals surface area contributed by atoms with Crippen molar-refractivity contribution in [2.75, 3.05) is 18.5 Å². The summed E-state index contributed by atoms with van der Waals surface area (Å²) in [6.45, 7) is 1.04. The molecule has 2 aromatic rings. The molecule has 0 saturated heterocycles. The zero-order valence-corrected chi connectivity index (χ0v) is 11.6. The Morgan fingerprint density at radius 3 is 2.63 bits per heavy atom. The van der Waals surface area contributed by atoms with E-state index < -0.39 is 0 Å². The van der Waals surface area contributed by atoms with Crippen molar-refractivity contribution in [3.05, 3.63) is 41.6 Å². The van der Waals surface area contributed by atoms with E-state index in [4.69, 9.17) is 11.6 Å². The third-order valence-electron chi connectivity index (χ3n) is 3.33. The largest absolute Gasteiger partial charge is 0.359 e. The molecular weight excluding hydrogens is 258 g/mol. The van der Waals surface area contributed by atoms with E-state index in [1.807, 2.05) is 36.4 Å². The van der Waals surface area contributed by atoms with Crippen LogP contribution in [-0.4, -0.2) is 23.6 Å². The van der Waals surface area contributed by atoms with Crippen molar-refractivity contribution in [3.8, 4) is 11.4 Å². The number of aromatic nitrogens is 2. The van der Waals surface area contributed by atoms with Gasteiger partial charge in [-0.1, -0.05) is 41.9 Å². The third kappa shape index (κ3) is 3.04. The van der Waals surface area contributed by atoms with Crippen LogP contribution >= 0.6 is 11.6 Å². The molecule has 0 spiro atoms. The Bertz CT molecular complexity index is 567. The normalized spacial score (nSPS) is 14.4. The second-order valence-corrected chi connectivity index (χ2v) is 5.45. The fourth-order valence-corrected chi connectivity index (χ4v) is 2.28. The quantitative estimate of drug-likeness (QED) is 0.797. The van der Waals surface area contributed by atoms with Crippen molar-refractivity contribution in [2.24, 2.45) is 5.92 Å². The summed E-state index contributed by atoms with van der Waals surface area (Å²) in [7, 11) is 2.06. The van der Waals surface area contributed by atoms with Crippen molar-refractivity contribution in [1.29, 1.82) is 0 Å². The fourth-order valence-electron chi connectivity index (χ4n) is 2.10. The van der Waals surface area contributed by atoms with Crippen molar-refractivity contribution < 1.29 is 0 Å². The maximum atomic E-state index is 6.12. The molecule has 3 rings (SSSR count). The van der Waals surface area contributed by atoms with Crippen LogP contribution in [-0.2, 0) is 0 Å². The number of benzene rings is 1. The molecular formula is C15H16ClN3. The van der Waals surface area contributed by atoms with Crippen LogP contribution in [0.4, 0.5) is 5.82 Å². The Hall–Kier alpha value is -1.61. The van der Waals surface area contributed by atoms with Crippen LogP contribution in [0.1, 0.15) is 12.8 Å². The lowest BCUT2D eigenvalue weighted by Gasteiger charge is -2.18. The molecule has 0 amide bonds. The minimum Gasteiger partial charge on any atom is -0.359 e. The highest BCUT2D eigenvalue weighted by Crippen LogP contribution is 2.31. The Morgan fingerprint density at radius 1 is 1.21 bits per heavy atom. The van der Waals surface area contributed by atoms with Gasteiger partial charge in [-0.05, 0) is 18.8 Å². The smallest absolute Gasteiger partial charge is 0.163 e. The first-order chi connectivity index (χ1) is 9.22. The van der Waals surface area contributed by atoms with E-state index in [0.29, 0.717) is 11.0 Å². The van der Waals surface area contributed by atoms with Gasteiger partial charge < -0.3 is 4.90 Å². The molecule has 19 heavy (non-hydrogen) atoms. The number of hydrogen-bond acceptors (Lipinski definition) is 3. The number of halogens is 1. The maximum Gasteiger partial charge on any atom is 0.163 e. The Kier molecular flexibility index (Phi) is 3.38. The minimum absolute atomic E-state index is 0.492. The molecule has 1 aromatic heterocycles. The lowest BCUT2D eigenvalue weighted by atomic mass is 10.2. The van der Waals surface area contributed by atoms with Crippen molar-refractivity contribution in [3.63, 3.8) is 0 Å². The van der Waals surface area contributed by atoms with Gasteiger partial charge in [0.25, 0.3) is 0 Å². The zero-order valence-electron chi connectivity index (χ0n) is 10.9. The average Bonchev–Trinajstić information content (AvgIpc) is 3.23. The summed E-state index contributed by atoms with van der Waals surface area (Å²) in [5.41, 5.74) is 0.992. The summed E-state index contributed by atoms with van der Waals surface area (Å²) in [4.78, 5) is 11.1. The van der Waals surface area contributed by atoms with Gasteiger partial charge in [0.05, 0.1) is 0 Å². The third-order valence-corrected chi connectivity index (χ3v) is 3.53. The monoisotopic (exact) mass is 273 g/mol. The van der Waals surface area contributed by atoms with Gasteiger partial charge in [0.15, 0.2) is 5.82 Å². The second-order valence-electron chi connectivity index (χ2n) is 5.06. The van der Waals surface area contributed by atoms with Crippen LogP contribution in [0.15, 0.2) is 36.4 Å². The molecule has 1 fully saturated rings. The fraction of sp³-hybridized carbons (Fsp3) is 0.333. The van der Waals surface area contributed by atoms with Crippen LogP contribution < -0.4 is 4.90 Å².